The van der Waals surface area contributed by atoms with Gasteiger partial charge in [-0.2, -0.15) is 0 Å². The van der Waals surface area contributed by atoms with Crippen LogP contribution in [0.5, 0.6) is 5.75 Å². The van der Waals surface area contributed by atoms with Crippen LogP contribution in [0.1, 0.15) is 24.2 Å². The first-order valence-corrected chi connectivity index (χ1v) is 7.91. The zero-order valence-electron chi connectivity index (χ0n) is 12.4. The van der Waals surface area contributed by atoms with Crippen LogP contribution in [0.2, 0.25) is 10.0 Å². The molecule has 0 bridgehead atoms. The van der Waals surface area contributed by atoms with Crippen LogP contribution >= 0.6 is 23.2 Å². The molecule has 118 valence electrons. The Morgan fingerprint density at radius 3 is 2.59 bits per heavy atom. The number of halogens is 2. The highest BCUT2D eigenvalue weighted by Gasteiger charge is 2.12. The number of ether oxygens (including phenoxy) is 1. The zero-order valence-corrected chi connectivity index (χ0v) is 13.9. The quantitative estimate of drug-likeness (QED) is 0.793. The number of nitrogens with one attached hydrogen (secondary N) is 1. The van der Waals surface area contributed by atoms with E-state index in [9.17, 15) is 5.11 Å². The lowest BCUT2D eigenvalue weighted by molar-refractivity contribution is 0.174. The Kier molecular flexibility index (Phi) is 6.52. The molecule has 5 heteroatoms. The summed E-state index contributed by atoms with van der Waals surface area (Å²) in [7, 11) is 0. The van der Waals surface area contributed by atoms with Crippen molar-refractivity contribution in [2.24, 2.45) is 0 Å². The minimum atomic E-state index is -0.564. The van der Waals surface area contributed by atoms with Gasteiger partial charge in [0.15, 0.2) is 0 Å². The molecule has 0 saturated heterocycles. The summed E-state index contributed by atoms with van der Waals surface area (Å²) < 4.78 is 5.57. The molecule has 0 aliphatic carbocycles. The number of hydrogen-bond donors (Lipinski definition) is 2. The number of benzene rings is 2. The third-order valence-electron chi connectivity index (χ3n) is 3.21. The van der Waals surface area contributed by atoms with Gasteiger partial charge in [0.2, 0.25) is 0 Å². The molecule has 2 rings (SSSR count). The smallest absolute Gasteiger partial charge is 0.142 e. The van der Waals surface area contributed by atoms with Crippen molar-refractivity contribution in [3.8, 4) is 5.75 Å². The van der Waals surface area contributed by atoms with Crippen LogP contribution in [-0.2, 0) is 6.54 Å². The number of aliphatic hydroxyl groups excluding tert-OH is 1. The van der Waals surface area contributed by atoms with E-state index >= 15 is 0 Å². The van der Waals surface area contributed by atoms with Crippen molar-refractivity contribution in [2.45, 2.75) is 19.6 Å². The van der Waals surface area contributed by atoms with Crippen molar-refractivity contribution < 1.29 is 9.84 Å². The van der Waals surface area contributed by atoms with Crippen LogP contribution in [-0.4, -0.2) is 18.3 Å². The summed E-state index contributed by atoms with van der Waals surface area (Å²) in [5.41, 5.74) is 1.75. The van der Waals surface area contributed by atoms with Gasteiger partial charge in [-0.3, -0.25) is 0 Å². The largest absolute Gasteiger partial charge is 0.492 e. The third kappa shape index (κ3) is 4.62. The van der Waals surface area contributed by atoms with E-state index in [-0.39, 0.29) is 0 Å². The van der Waals surface area contributed by atoms with Crippen LogP contribution in [0.25, 0.3) is 0 Å². The summed E-state index contributed by atoms with van der Waals surface area (Å²) in [6.07, 6.45) is -0.564. The van der Waals surface area contributed by atoms with E-state index in [0.717, 1.165) is 11.1 Å². The molecule has 0 fully saturated rings. The minimum Gasteiger partial charge on any atom is -0.492 e. The van der Waals surface area contributed by atoms with Gasteiger partial charge < -0.3 is 15.2 Å². The van der Waals surface area contributed by atoms with Crippen molar-refractivity contribution in [2.75, 3.05) is 13.2 Å². The predicted molar refractivity (Wildman–Crippen MR) is 90.7 cm³/mol. The maximum Gasteiger partial charge on any atom is 0.142 e. The van der Waals surface area contributed by atoms with Crippen LogP contribution in [0.15, 0.2) is 42.5 Å². The highest BCUT2D eigenvalue weighted by Crippen LogP contribution is 2.32. The van der Waals surface area contributed by atoms with Gasteiger partial charge in [-0.15, -0.1) is 0 Å². The number of hydrogen-bond acceptors (Lipinski definition) is 3. The van der Waals surface area contributed by atoms with Crippen molar-refractivity contribution in [3.63, 3.8) is 0 Å². The van der Waals surface area contributed by atoms with Gasteiger partial charge in [-0.05, 0) is 24.6 Å². The predicted octanol–water partition coefficient (Wildman–Crippen LogP) is 4.22. The first kappa shape index (κ1) is 17.1. The highest BCUT2D eigenvalue weighted by atomic mass is 35.5. The van der Waals surface area contributed by atoms with Gasteiger partial charge in [-0.25, -0.2) is 0 Å². The fraction of sp³-hybridized carbons (Fsp3) is 0.294. The van der Waals surface area contributed by atoms with Crippen LogP contribution in [0, 0.1) is 0 Å². The first-order valence-electron chi connectivity index (χ1n) is 7.16. The summed E-state index contributed by atoms with van der Waals surface area (Å²) in [5.74, 6) is 0.635. The molecular weight excluding hydrogens is 321 g/mol. The zero-order chi connectivity index (χ0) is 15.9. The van der Waals surface area contributed by atoms with E-state index < -0.39 is 6.10 Å². The average molecular weight is 340 g/mol. The standard InChI is InChI=1S/C17H19Cl2NO2/c1-2-22-17-13(8-14(18)9-15(17)19)10-20-11-16(21)12-6-4-3-5-7-12/h3-9,16,20-21H,2,10-11H2,1H3/t16-/m0/s1. The molecule has 22 heavy (non-hydrogen) atoms. The molecule has 0 amide bonds. The van der Waals surface area contributed by atoms with Crippen molar-refractivity contribution in [3.05, 3.63) is 63.6 Å². The third-order valence-corrected chi connectivity index (χ3v) is 3.71. The molecule has 0 saturated carbocycles. The normalized spacial score (nSPS) is 12.2. The van der Waals surface area contributed by atoms with Gasteiger partial charge in [0, 0.05) is 23.7 Å². The molecule has 2 aromatic rings. The van der Waals surface area contributed by atoms with Gasteiger partial charge in [0.1, 0.15) is 5.75 Å². The van der Waals surface area contributed by atoms with Crippen LogP contribution in [0.4, 0.5) is 0 Å². The topological polar surface area (TPSA) is 41.5 Å². The fourth-order valence-electron chi connectivity index (χ4n) is 2.19. The van der Waals surface area contributed by atoms with E-state index in [1.54, 1.807) is 6.07 Å². The Labute approximate surface area is 140 Å². The lowest BCUT2D eigenvalue weighted by Crippen LogP contribution is -2.21. The Balaban J connectivity index is 1.99. The maximum absolute atomic E-state index is 10.1. The van der Waals surface area contributed by atoms with Gasteiger partial charge in [0.05, 0.1) is 17.7 Å². The number of aliphatic hydroxyl groups is 1. The monoisotopic (exact) mass is 339 g/mol. The molecule has 0 aromatic heterocycles. The molecular formula is C17H19Cl2NO2. The fourth-order valence-corrected chi connectivity index (χ4v) is 2.78. The van der Waals surface area contributed by atoms with Crippen LogP contribution in [0.3, 0.4) is 0 Å². The van der Waals surface area contributed by atoms with Crippen LogP contribution < -0.4 is 10.1 Å². The lowest BCUT2D eigenvalue weighted by atomic mass is 10.1. The lowest BCUT2D eigenvalue weighted by Gasteiger charge is -2.15. The van der Waals surface area contributed by atoms with Gasteiger partial charge in [0.25, 0.3) is 0 Å². The second-order valence-corrected chi connectivity index (χ2v) is 5.71. The van der Waals surface area contributed by atoms with Gasteiger partial charge in [-0.1, -0.05) is 53.5 Å². The SMILES string of the molecule is CCOc1c(Cl)cc(Cl)cc1CNC[C@H](O)c1ccccc1. The summed E-state index contributed by atoms with van der Waals surface area (Å²) in [6, 6.07) is 13.0. The molecule has 0 aliphatic rings. The molecule has 2 aromatic carbocycles. The average Bonchev–Trinajstić information content (AvgIpc) is 2.51. The molecule has 0 spiro atoms. The summed E-state index contributed by atoms with van der Waals surface area (Å²) in [6.45, 7) is 3.38. The van der Waals surface area contributed by atoms with Gasteiger partial charge >= 0.3 is 0 Å². The minimum absolute atomic E-state index is 0.430. The Morgan fingerprint density at radius 1 is 1.18 bits per heavy atom. The molecule has 0 heterocycles. The molecule has 0 aliphatic heterocycles. The summed E-state index contributed by atoms with van der Waals surface area (Å²) in [4.78, 5) is 0. The molecule has 3 nitrogen and oxygen atoms in total. The van der Waals surface area contributed by atoms with E-state index in [2.05, 4.69) is 5.32 Å². The van der Waals surface area contributed by atoms with Crippen molar-refractivity contribution in [1.29, 1.82) is 0 Å². The summed E-state index contributed by atoms with van der Waals surface area (Å²) >= 11 is 12.2. The highest BCUT2D eigenvalue weighted by molar-refractivity contribution is 6.35. The molecule has 2 N–H and O–H groups in total. The molecule has 0 unspecified atom stereocenters. The molecule has 1 atom stereocenters. The number of rotatable bonds is 7. The van der Waals surface area contributed by atoms with E-state index in [0.29, 0.717) is 35.5 Å². The molecule has 0 radical (unpaired) electrons. The second kappa shape index (κ2) is 8.39. The van der Waals surface area contributed by atoms with E-state index in [4.69, 9.17) is 27.9 Å². The second-order valence-electron chi connectivity index (χ2n) is 4.87. The van der Waals surface area contributed by atoms with E-state index in [1.807, 2.05) is 43.3 Å². The Morgan fingerprint density at radius 2 is 1.91 bits per heavy atom. The Bertz CT molecular complexity index is 605. The van der Waals surface area contributed by atoms with E-state index in [1.165, 1.54) is 0 Å². The summed E-state index contributed by atoms with van der Waals surface area (Å²) in [5, 5.41) is 14.4. The maximum atomic E-state index is 10.1. The van der Waals surface area contributed by atoms with Crippen molar-refractivity contribution >= 4 is 23.2 Å². The first-order chi connectivity index (χ1) is 10.6. The van der Waals surface area contributed by atoms with Crippen molar-refractivity contribution in [1.82, 2.24) is 5.32 Å². The Hall–Kier alpha value is -1.26.